The van der Waals surface area contributed by atoms with Crippen molar-refractivity contribution in [3.8, 4) is 0 Å². The molecule has 3 amide bonds. The summed E-state index contributed by atoms with van der Waals surface area (Å²) in [6, 6.07) is 26.7. The highest BCUT2D eigenvalue weighted by atomic mass is 35.5. The Morgan fingerprint density at radius 2 is 1.21 bits per heavy atom. The van der Waals surface area contributed by atoms with E-state index in [4.69, 9.17) is 11.6 Å². The number of nitrogens with zero attached hydrogens (tertiary/aromatic N) is 3. The van der Waals surface area contributed by atoms with Gasteiger partial charge < -0.3 is 0 Å². The van der Waals surface area contributed by atoms with Crippen molar-refractivity contribution in [1.82, 2.24) is 10.0 Å². The van der Waals surface area contributed by atoms with Crippen molar-refractivity contribution in [3.05, 3.63) is 146 Å². The number of nitro groups is 1. The van der Waals surface area contributed by atoms with E-state index in [1.807, 2.05) is 48.5 Å². The van der Waals surface area contributed by atoms with Gasteiger partial charge in [0.15, 0.2) is 5.78 Å². The van der Waals surface area contributed by atoms with Gasteiger partial charge in [-0.25, -0.2) is 5.01 Å². The van der Waals surface area contributed by atoms with Crippen LogP contribution in [0.2, 0.25) is 5.02 Å². The number of halogens is 1. The standard InChI is InChI=1S/C33H22ClN3O6/c34-25-12-6-5-11-24(25)31(39)35(17-26(38)18-13-15-19(16-14-18)37(42)43)36-32(40)29-27-20-7-1-2-8-21(20)28(30(29)33(36)41)23-10-4-3-9-22(23)27/h1-16,27-30H,17H2/t27?,28?,29-,30+. The Labute approximate surface area is 250 Å². The summed E-state index contributed by atoms with van der Waals surface area (Å²) in [4.78, 5) is 66.7. The Kier molecular flexibility index (Phi) is 6.21. The van der Waals surface area contributed by atoms with E-state index < -0.39 is 58.6 Å². The van der Waals surface area contributed by atoms with Crippen LogP contribution < -0.4 is 0 Å². The van der Waals surface area contributed by atoms with Crippen LogP contribution in [0.3, 0.4) is 0 Å². The third-order valence-corrected chi connectivity index (χ3v) is 9.03. The molecule has 1 aliphatic heterocycles. The van der Waals surface area contributed by atoms with Gasteiger partial charge in [-0.15, -0.1) is 0 Å². The van der Waals surface area contributed by atoms with Gasteiger partial charge in [0.25, 0.3) is 23.4 Å². The molecule has 0 radical (unpaired) electrons. The van der Waals surface area contributed by atoms with Crippen molar-refractivity contribution < 1.29 is 24.1 Å². The van der Waals surface area contributed by atoms with Crippen molar-refractivity contribution in [2.24, 2.45) is 11.8 Å². The minimum atomic E-state index is -0.788. The molecule has 1 heterocycles. The Balaban J connectivity index is 1.32. The predicted molar refractivity (Wildman–Crippen MR) is 155 cm³/mol. The molecule has 4 aromatic rings. The van der Waals surface area contributed by atoms with Crippen LogP contribution in [0.4, 0.5) is 5.69 Å². The van der Waals surface area contributed by atoms with Crippen molar-refractivity contribution in [1.29, 1.82) is 0 Å². The SMILES string of the molecule is O=C(CN(C(=O)c1ccccc1Cl)N1C(=O)[C@@H]2C3c4ccccc4C(c4ccccc43)[C@@H]2C1=O)c1ccc([N+](=O)[O-])cc1. The number of Topliss-reactive ketones (excluding diaryl/α,β-unsaturated/α-hetero) is 1. The molecule has 1 saturated heterocycles. The van der Waals surface area contributed by atoms with Gasteiger partial charge in [0, 0.05) is 29.5 Å². The third kappa shape index (κ3) is 3.99. The van der Waals surface area contributed by atoms with Crippen LogP contribution in [0.25, 0.3) is 0 Å². The Bertz CT molecular complexity index is 1760. The number of carbonyl (C=O) groups excluding carboxylic acids is 4. The van der Waals surface area contributed by atoms with Crippen LogP contribution in [0, 0.1) is 22.0 Å². The number of amides is 3. The van der Waals surface area contributed by atoms with E-state index in [1.165, 1.54) is 36.4 Å². The smallest absolute Gasteiger partial charge is 0.274 e. The molecule has 1 fully saturated rings. The molecular formula is C33H22ClN3O6. The predicted octanol–water partition coefficient (Wildman–Crippen LogP) is 5.38. The van der Waals surface area contributed by atoms with Gasteiger partial charge in [-0.3, -0.25) is 29.3 Å². The number of ketones is 1. The molecule has 0 spiro atoms. The maximum absolute atomic E-state index is 14.4. The molecular weight excluding hydrogens is 570 g/mol. The maximum atomic E-state index is 14.4. The van der Waals surface area contributed by atoms with Crippen molar-refractivity contribution in [2.45, 2.75) is 11.8 Å². The van der Waals surface area contributed by atoms with Crippen molar-refractivity contribution in [3.63, 3.8) is 0 Å². The first-order chi connectivity index (χ1) is 20.8. The topological polar surface area (TPSA) is 118 Å². The molecule has 0 saturated carbocycles. The molecule has 212 valence electrons. The lowest BCUT2D eigenvalue weighted by Crippen LogP contribution is -2.52. The summed E-state index contributed by atoms with van der Waals surface area (Å²) < 4.78 is 0. The van der Waals surface area contributed by atoms with Crippen molar-refractivity contribution >= 4 is 40.8 Å². The second-order valence-electron chi connectivity index (χ2n) is 10.8. The van der Waals surface area contributed by atoms with E-state index in [1.54, 1.807) is 12.1 Å². The molecule has 2 bridgehead atoms. The lowest BCUT2D eigenvalue weighted by atomic mass is 9.55. The van der Waals surface area contributed by atoms with E-state index in [0.29, 0.717) is 0 Å². The number of hydrogen-bond donors (Lipinski definition) is 0. The van der Waals surface area contributed by atoms with Gasteiger partial charge in [-0.1, -0.05) is 72.3 Å². The van der Waals surface area contributed by atoms with Gasteiger partial charge in [0.1, 0.15) is 6.54 Å². The fourth-order valence-corrected chi connectivity index (χ4v) is 7.12. The molecule has 4 aliphatic rings. The molecule has 0 aromatic heterocycles. The second kappa shape index (κ2) is 9.99. The number of carbonyl (C=O) groups is 4. The zero-order valence-corrected chi connectivity index (χ0v) is 23.2. The molecule has 2 atom stereocenters. The maximum Gasteiger partial charge on any atom is 0.274 e. The lowest BCUT2D eigenvalue weighted by molar-refractivity contribution is -0.384. The minimum absolute atomic E-state index is 0.0192. The van der Waals surface area contributed by atoms with E-state index >= 15 is 0 Å². The zero-order chi connectivity index (χ0) is 30.0. The lowest BCUT2D eigenvalue weighted by Gasteiger charge is -2.45. The normalized spacial score (nSPS) is 21.2. The average molecular weight is 592 g/mol. The summed E-state index contributed by atoms with van der Waals surface area (Å²) in [6.07, 6.45) is 0. The largest absolute Gasteiger partial charge is 0.292 e. The number of non-ortho nitro benzene ring substituents is 1. The zero-order valence-electron chi connectivity index (χ0n) is 22.4. The molecule has 10 heteroatoms. The third-order valence-electron chi connectivity index (χ3n) is 8.70. The second-order valence-corrected chi connectivity index (χ2v) is 11.2. The number of hydrazine groups is 1. The van der Waals surface area contributed by atoms with Gasteiger partial charge >= 0.3 is 0 Å². The summed E-state index contributed by atoms with van der Waals surface area (Å²) >= 11 is 6.36. The van der Waals surface area contributed by atoms with E-state index in [-0.39, 0.29) is 21.8 Å². The highest BCUT2D eigenvalue weighted by Gasteiger charge is 2.63. The fraction of sp³-hybridized carbons (Fsp3) is 0.152. The number of hydrogen-bond acceptors (Lipinski definition) is 6. The first-order valence-corrected chi connectivity index (χ1v) is 14.0. The van der Waals surface area contributed by atoms with Crippen LogP contribution >= 0.6 is 11.6 Å². The fourth-order valence-electron chi connectivity index (χ4n) is 6.90. The quantitative estimate of drug-likeness (QED) is 0.129. The van der Waals surface area contributed by atoms with E-state index in [2.05, 4.69) is 0 Å². The van der Waals surface area contributed by atoms with Crippen molar-refractivity contribution in [2.75, 3.05) is 6.54 Å². The van der Waals surface area contributed by atoms with E-state index in [9.17, 15) is 29.3 Å². The number of rotatable bonds is 6. The molecule has 8 rings (SSSR count). The van der Waals surface area contributed by atoms with Gasteiger partial charge in [0.2, 0.25) is 0 Å². The summed E-state index contributed by atoms with van der Waals surface area (Å²) in [7, 11) is 0. The van der Waals surface area contributed by atoms with Crippen LogP contribution in [0.15, 0.2) is 97.1 Å². The average Bonchev–Trinajstić information content (AvgIpc) is 3.29. The van der Waals surface area contributed by atoms with E-state index in [0.717, 1.165) is 32.3 Å². The van der Waals surface area contributed by atoms with Gasteiger partial charge in [-0.05, 0) is 46.5 Å². The number of imide groups is 1. The Morgan fingerprint density at radius 3 is 1.67 bits per heavy atom. The summed E-state index contributed by atoms with van der Waals surface area (Å²) in [5, 5.41) is 12.9. The monoisotopic (exact) mass is 591 g/mol. The van der Waals surface area contributed by atoms with Crippen LogP contribution in [-0.2, 0) is 9.59 Å². The number of benzene rings is 4. The van der Waals surface area contributed by atoms with Gasteiger partial charge in [0.05, 0.1) is 27.3 Å². The minimum Gasteiger partial charge on any atom is -0.292 e. The van der Waals surface area contributed by atoms with Crippen LogP contribution in [-0.4, -0.2) is 45.0 Å². The summed E-state index contributed by atoms with van der Waals surface area (Å²) in [5.41, 5.74) is 3.79. The van der Waals surface area contributed by atoms with Gasteiger partial charge in [-0.2, -0.15) is 5.01 Å². The summed E-state index contributed by atoms with van der Waals surface area (Å²) in [6.45, 7) is -0.659. The Morgan fingerprint density at radius 1 is 0.744 bits per heavy atom. The molecule has 43 heavy (non-hydrogen) atoms. The molecule has 4 aromatic carbocycles. The first-order valence-electron chi connectivity index (χ1n) is 13.7. The first kappa shape index (κ1) is 26.7. The van der Waals surface area contributed by atoms with Crippen LogP contribution in [0.5, 0.6) is 0 Å². The Hall–Kier alpha value is -5.15. The molecule has 0 N–H and O–H groups in total. The highest BCUT2D eigenvalue weighted by molar-refractivity contribution is 6.34. The van der Waals surface area contributed by atoms with Crippen LogP contribution in [0.1, 0.15) is 54.8 Å². The summed E-state index contributed by atoms with van der Waals surface area (Å²) in [5.74, 6) is -4.85. The molecule has 3 aliphatic carbocycles. The number of nitro benzene ring substituents is 1. The molecule has 0 unspecified atom stereocenters. The highest BCUT2D eigenvalue weighted by Crippen LogP contribution is 2.61. The molecule has 9 nitrogen and oxygen atoms in total.